The normalized spacial score (nSPS) is 6.00. The Balaban J connectivity index is -0.00000000720. The summed E-state index contributed by atoms with van der Waals surface area (Å²) in [5.74, 6) is 0. The van der Waals surface area contributed by atoms with Crippen molar-refractivity contribution in [2.75, 3.05) is 80.0 Å². The number of rotatable bonds is 0. The van der Waals surface area contributed by atoms with Gasteiger partial charge in [0.15, 0.2) is 0 Å². The van der Waals surface area contributed by atoms with Crippen LogP contribution in [-0.4, -0.2) is 80.0 Å². The van der Waals surface area contributed by atoms with Crippen LogP contribution in [-0.2, 0) is 81.7 Å². The van der Waals surface area contributed by atoms with Crippen LogP contribution in [0.5, 0.6) is 0 Å². The molecule has 24 heavy (non-hydrogen) atoms. The van der Waals surface area contributed by atoms with Crippen molar-refractivity contribution in [3.8, 4) is 0 Å². The molecule has 12 heteroatoms. The second kappa shape index (κ2) is 70.4. The monoisotopic (exact) mass is 1190 g/mol. The molecule has 0 atom stereocenters. The van der Waals surface area contributed by atoms with Crippen molar-refractivity contribution in [1.82, 2.24) is 0 Å². The van der Waals surface area contributed by atoms with Crippen molar-refractivity contribution in [1.29, 1.82) is 0 Å². The molecule has 0 saturated carbocycles. The predicted molar refractivity (Wildman–Crippen MR) is 98.8 cm³/mol. The molecule has 0 saturated heterocycles. The van der Waals surface area contributed by atoms with E-state index in [9.17, 15) is 0 Å². The van der Waals surface area contributed by atoms with Gasteiger partial charge in [-0.2, -0.15) is 0 Å². The standard InChI is InChI=1S/4C3H9P.4ClH.4Re/c4*1-4(2)3;;;;;;;;/h4*1-3H3;4*1H;;;;/p-4. The van der Waals surface area contributed by atoms with E-state index in [0.717, 1.165) is 0 Å². The smallest absolute Gasteiger partial charge is 0 e. The topological polar surface area (TPSA) is 0 Å². The molecule has 0 bridgehead atoms. The van der Waals surface area contributed by atoms with Gasteiger partial charge in [0.25, 0.3) is 0 Å². The van der Waals surface area contributed by atoms with Crippen LogP contribution in [0, 0.1) is 0 Å². The zero-order valence-corrected chi connectivity index (χ0v) is 34.3. The van der Waals surface area contributed by atoms with Gasteiger partial charge in [-0.15, -0.1) is 31.7 Å². The summed E-state index contributed by atoms with van der Waals surface area (Å²) in [6, 6.07) is 0. The van der Waals surface area contributed by atoms with Crippen molar-refractivity contribution in [2.24, 2.45) is 0 Å². The van der Waals surface area contributed by atoms with Crippen LogP contribution in [0.3, 0.4) is 0 Å². The molecule has 0 N–H and O–H groups in total. The minimum Gasteiger partial charge on any atom is -1.00 e. The molecule has 4 radical (unpaired) electrons. The van der Waals surface area contributed by atoms with E-state index in [0.29, 0.717) is 31.7 Å². The molecule has 0 fully saturated rings. The van der Waals surface area contributed by atoms with E-state index in [-0.39, 0.29) is 131 Å². The van der Waals surface area contributed by atoms with E-state index in [1.807, 2.05) is 0 Å². The third-order valence-electron chi connectivity index (χ3n) is 0. The Bertz CT molecular complexity index is 86.0. The molecule has 0 aliphatic heterocycles. The first-order valence-corrected chi connectivity index (χ1v) is 16.1. The van der Waals surface area contributed by atoms with Crippen molar-refractivity contribution in [3.05, 3.63) is 0 Å². The fraction of sp³-hybridized carbons (Fsp3) is 1.00. The van der Waals surface area contributed by atoms with Crippen molar-refractivity contribution < 1.29 is 131 Å². The Kier molecular flexibility index (Phi) is 229. The van der Waals surface area contributed by atoms with Crippen LogP contribution >= 0.6 is 31.7 Å². The molecule has 0 heterocycles. The predicted octanol–water partition coefficient (Wildman–Crippen LogP) is -6.56. The van der Waals surface area contributed by atoms with E-state index >= 15 is 0 Å². The Morgan fingerprint density at radius 3 is 0.250 bits per heavy atom. The molecular formula is C12H36Cl4P4Re4-4. The maximum absolute atomic E-state index is 2.23. The van der Waals surface area contributed by atoms with Crippen LogP contribution in [0.25, 0.3) is 0 Å². The molecule has 0 unspecified atom stereocenters. The van der Waals surface area contributed by atoms with Gasteiger partial charge in [0, 0.05) is 81.7 Å². The van der Waals surface area contributed by atoms with E-state index in [2.05, 4.69) is 80.0 Å². The first-order chi connectivity index (χ1) is 6.93. The summed E-state index contributed by atoms with van der Waals surface area (Å²) in [7, 11) is 1.52. The summed E-state index contributed by atoms with van der Waals surface area (Å²) in [6.45, 7) is 26.8. The molecule has 0 aromatic carbocycles. The van der Waals surface area contributed by atoms with Gasteiger partial charge in [0.1, 0.15) is 0 Å². The van der Waals surface area contributed by atoms with Gasteiger partial charge in [0.05, 0.1) is 0 Å². The second-order valence-electron chi connectivity index (χ2n) is 5.37. The molecule has 0 aliphatic rings. The summed E-state index contributed by atoms with van der Waals surface area (Å²) < 4.78 is 0. The van der Waals surface area contributed by atoms with E-state index in [4.69, 9.17) is 0 Å². The third-order valence-corrected chi connectivity index (χ3v) is 0. The summed E-state index contributed by atoms with van der Waals surface area (Å²) in [5, 5.41) is 0. The largest absolute Gasteiger partial charge is 1.00 e. The van der Waals surface area contributed by atoms with Crippen LogP contribution < -0.4 is 49.6 Å². The Hall–Kier alpha value is 5.53. The molecule has 0 amide bonds. The molecule has 0 spiro atoms. The average Bonchev–Trinajstić information content (AvgIpc) is 1.76. The van der Waals surface area contributed by atoms with E-state index in [1.165, 1.54) is 0 Å². The number of hydrogen-bond donors (Lipinski definition) is 0. The molecule has 0 rings (SSSR count). The number of hydrogen-bond acceptors (Lipinski definition) is 0. The zero-order valence-electron chi connectivity index (χ0n) is 16.8. The minimum absolute atomic E-state index is 0. The number of halogens is 4. The van der Waals surface area contributed by atoms with Gasteiger partial charge in [-0.3, -0.25) is 0 Å². The van der Waals surface area contributed by atoms with Crippen LogP contribution in [0.4, 0.5) is 0 Å². The van der Waals surface area contributed by atoms with Gasteiger partial charge < -0.3 is 49.6 Å². The van der Waals surface area contributed by atoms with E-state index < -0.39 is 0 Å². The molecular weight excluding hydrogens is 1150 g/mol. The minimum atomic E-state index is 0. The van der Waals surface area contributed by atoms with Gasteiger partial charge in [-0.05, 0) is 80.0 Å². The third kappa shape index (κ3) is 634. The SMILES string of the molecule is CP(C)C.CP(C)C.CP(C)C.CP(C)C.[Cl-].[Cl-].[Cl-].[Cl-].[Re].[Re].[Re].[Re]. The van der Waals surface area contributed by atoms with Crippen molar-refractivity contribution in [3.63, 3.8) is 0 Å². The summed E-state index contributed by atoms with van der Waals surface area (Å²) in [6.07, 6.45) is 0. The van der Waals surface area contributed by atoms with Crippen LogP contribution in [0.1, 0.15) is 0 Å². The van der Waals surface area contributed by atoms with Crippen molar-refractivity contribution >= 4 is 31.7 Å². The Labute approximate surface area is 239 Å². The van der Waals surface area contributed by atoms with Crippen LogP contribution in [0.15, 0.2) is 0 Å². The van der Waals surface area contributed by atoms with Gasteiger partial charge >= 0.3 is 0 Å². The summed E-state index contributed by atoms with van der Waals surface area (Å²) >= 11 is 0. The first kappa shape index (κ1) is 78.2. The Morgan fingerprint density at radius 2 is 0.250 bits per heavy atom. The maximum atomic E-state index is 2.23. The average molecular weight is 1190 g/mol. The Morgan fingerprint density at radius 1 is 0.250 bits per heavy atom. The van der Waals surface area contributed by atoms with Crippen molar-refractivity contribution in [2.45, 2.75) is 0 Å². The molecule has 0 nitrogen and oxygen atoms in total. The van der Waals surface area contributed by atoms with Gasteiger partial charge in [-0.1, -0.05) is 0 Å². The molecule has 164 valence electrons. The summed E-state index contributed by atoms with van der Waals surface area (Å²) in [5.41, 5.74) is 0. The first-order valence-electron chi connectivity index (χ1n) is 5.37. The second-order valence-corrected chi connectivity index (χ2v) is 16.1. The van der Waals surface area contributed by atoms with Gasteiger partial charge in [0.2, 0.25) is 0 Å². The molecule has 0 aromatic rings. The fourth-order valence-corrected chi connectivity index (χ4v) is 0. The van der Waals surface area contributed by atoms with Gasteiger partial charge in [-0.25, -0.2) is 0 Å². The fourth-order valence-electron chi connectivity index (χ4n) is 0. The maximum Gasteiger partial charge on any atom is 0 e. The quantitative estimate of drug-likeness (QED) is 0.212. The molecule has 0 aliphatic carbocycles. The van der Waals surface area contributed by atoms with Crippen LogP contribution in [0.2, 0.25) is 0 Å². The zero-order chi connectivity index (χ0) is 14.3. The van der Waals surface area contributed by atoms with E-state index in [1.54, 1.807) is 0 Å². The molecule has 0 aromatic heterocycles. The summed E-state index contributed by atoms with van der Waals surface area (Å²) in [4.78, 5) is 0.